The molecule has 0 aromatic heterocycles. The van der Waals surface area contributed by atoms with Crippen LogP contribution >= 0.6 is 23.4 Å². The third-order valence-electron chi connectivity index (χ3n) is 3.06. The van der Waals surface area contributed by atoms with E-state index < -0.39 is 18.1 Å². The van der Waals surface area contributed by atoms with Gasteiger partial charge < -0.3 is 15.1 Å². The fraction of sp³-hybridized carbons (Fsp3) is 0.385. The second-order valence-corrected chi connectivity index (χ2v) is 6.02. The van der Waals surface area contributed by atoms with Crippen LogP contribution in [0.3, 0.4) is 0 Å². The molecular formula is C13H14ClNO4S. The van der Waals surface area contributed by atoms with Crippen molar-refractivity contribution < 1.29 is 19.8 Å². The number of thioether (sulfide) groups is 1. The summed E-state index contributed by atoms with van der Waals surface area (Å²) < 4.78 is 0. The van der Waals surface area contributed by atoms with Gasteiger partial charge in [-0.25, -0.2) is 4.79 Å². The average Bonchev–Trinajstić information content (AvgIpc) is 2.80. The molecule has 1 fully saturated rings. The minimum absolute atomic E-state index is 0.0803. The van der Waals surface area contributed by atoms with Gasteiger partial charge in [0.1, 0.15) is 6.04 Å². The number of amides is 1. The first-order chi connectivity index (χ1) is 9.47. The Labute approximate surface area is 125 Å². The maximum Gasteiger partial charge on any atom is 0.326 e. The Bertz CT molecular complexity index is 508. The summed E-state index contributed by atoms with van der Waals surface area (Å²) in [5.41, 5.74) is 0. The number of hydrogen-bond donors (Lipinski definition) is 2. The van der Waals surface area contributed by atoms with Gasteiger partial charge in [-0.2, -0.15) is 0 Å². The molecule has 1 heterocycles. The lowest BCUT2D eigenvalue weighted by molar-refractivity contribution is -0.147. The zero-order chi connectivity index (χ0) is 14.7. The molecule has 5 nitrogen and oxygen atoms in total. The van der Waals surface area contributed by atoms with E-state index in [1.807, 2.05) is 0 Å². The minimum atomic E-state index is -1.08. The number of hydrogen-bond acceptors (Lipinski definition) is 4. The third-order valence-corrected chi connectivity index (χ3v) is 4.31. The SMILES string of the molecule is O=C(O)[C@@H]1C[C@H](O)CN1C(=O)CSc1ccc(Cl)cc1. The van der Waals surface area contributed by atoms with E-state index in [1.165, 1.54) is 16.7 Å². The second kappa shape index (κ2) is 6.47. The maximum atomic E-state index is 12.1. The van der Waals surface area contributed by atoms with Gasteiger partial charge in [-0.1, -0.05) is 11.6 Å². The van der Waals surface area contributed by atoms with Crippen LogP contribution < -0.4 is 0 Å². The van der Waals surface area contributed by atoms with E-state index in [0.29, 0.717) is 5.02 Å². The highest BCUT2D eigenvalue weighted by Crippen LogP contribution is 2.23. The molecule has 2 atom stereocenters. The van der Waals surface area contributed by atoms with Gasteiger partial charge in [0.05, 0.1) is 11.9 Å². The van der Waals surface area contributed by atoms with Crippen LogP contribution in [0.1, 0.15) is 6.42 Å². The summed E-state index contributed by atoms with van der Waals surface area (Å²) in [7, 11) is 0. The van der Waals surface area contributed by atoms with Gasteiger partial charge in [0, 0.05) is 22.9 Å². The molecule has 1 amide bonds. The maximum absolute atomic E-state index is 12.1. The summed E-state index contributed by atoms with van der Waals surface area (Å²) in [6.07, 6.45) is -0.673. The van der Waals surface area contributed by atoms with Crippen LogP contribution in [-0.4, -0.2) is 51.4 Å². The number of aliphatic carboxylic acids is 1. The molecule has 1 aromatic carbocycles. The molecule has 2 N–H and O–H groups in total. The Morgan fingerprint density at radius 2 is 2.00 bits per heavy atom. The topological polar surface area (TPSA) is 77.8 Å². The number of likely N-dealkylation sites (tertiary alicyclic amines) is 1. The molecule has 0 radical (unpaired) electrons. The molecule has 0 saturated carbocycles. The van der Waals surface area contributed by atoms with Gasteiger partial charge in [0.15, 0.2) is 0 Å². The smallest absolute Gasteiger partial charge is 0.326 e. The van der Waals surface area contributed by atoms with Crippen LogP contribution in [0.25, 0.3) is 0 Å². The van der Waals surface area contributed by atoms with Crippen LogP contribution in [0.2, 0.25) is 5.02 Å². The van der Waals surface area contributed by atoms with Crippen molar-refractivity contribution in [2.24, 2.45) is 0 Å². The molecule has 1 saturated heterocycles. The van der Waals surface area contributed by atoms with Crippen LogP contribution in [0.5, 0.6) is 0 Å². The van der Waals surface area contributed by atoms with Crippen LogP contribution in [0.4, 0.5) is 0 Å². The number of carbonyl (C=O) groups is 2. The first kappa shape index (κ1) is 15.2. The molecule has 1 aromatic rings. The number of benzene rings is 1. The van der Waals surface area contributed by atoms with E-state index in [4.69, 9.17) is 16.7 Å². The Kier molecular flexibility index (Phi) is 4.91. The molecule has 20 heavy (non-hydrogen) atoms. The molecule has 1 aliphatic heterocycles. The van der Waals surface area contributed by atoms with Crippen molar-refractivity contribution in [2.75, 3.05) is 12.3 Å². The summed E-state index contributed by atoms with van der Waals surface area (Å²) in [5, 5.41) is 19.2. The predicted octanol–water partition coefficient (Wildman–Crippen LogP) is 1.48. The Morgan fingerprint density at radius 1 is 1.35 bits per heavy atom. The predicted molar refractivity (Wildman–Crippen MR) is 75.9 cm³/mol. The molecule has 1 aliphatic rings. The van der Waals surface area contributed by atoms with Gasteiger partial charge in [-0.3, -0.25) is 4.79 Å². The number of halogens is 1. The fourth-order valence-electron chi connectivity index (χ4n) is 2.08. The Morgan fingerprint density at radius 3 is 2.60 bits per heavy atom. The van der Waals surface area contributed by atoms with Crippen molar-refractivity contribution in [3.8, 4) is 0 Å². The number of aliphatic hydroxyl groups excluding tert-OH is 1. The van der Waals surface area contributed by atoms with Crippen molar-refractivity contribution in [1.82, 2.24) is 4.90 Å². The lowest BCUT2D eigenvalue weighted by Crippen LogP contribution is -2.41. The van der Waals surface area contributed by atoms with E-state index in [9.17, 15) is 14.7 Å². The van der Waals surface area contributed by atoms with E-state index in [1.54, 1.807) is 24.3 Å². The molecule has 0 aliphatic carbocycles. The highest BCUT2D eigenvalue weighted by atomic mass is 35.5. The summed E-state index contributed by atoms with van der Waals surface area (Å²) in [6, 6.07) is 6.13. The van der Waals surface area contributed by atoms with Gasteiger partial charge in [0.25, 0.3) is 0 Å². The van der Waals surface area contributed by atoms with Crippen LogP contribution in [0.15, 0.2) is 29.2 Å². The van der Waals surface area contributed by atoms with Crippen molar-refractivity contribution in [1.29, 1.82) is 0 Å². The quantitative estimate of drug-likeness (QED) is 0.823. The number of aliphatic hydroxyl groups is 1. The minimum Gasteiger partial charge on any atom is -0.480 e. The van der Waals surface area contributed by atoms with Crippen molar-refractivity contribution in [2.45, 2.75) is 23.5 Å². The standard InChI is InChI=1S/C13H14ClNO4S/c14-8-1-3-10(4-2-8)20-7-12(17)15-6-9(16)5-11(15)13(18)19/h1-4,9,11,16H,5-7H2,(H,18,19)/t9-,11-/m0/s1. The van der Waals surface area contributed by atoms with E-state index >= 15 is 0 Å². The molecule has 0 bridgehead atoms. The van der Waals surface area contributed by atoms with Gasteiger partial charge >= 0.3 is 5.97 Å². The number of carboxylic acid groups (broad SMARTS) is 1. The monoisotopic (exact) mass is 315 g/mol. The normalized spacial score (nSPS) is 22.0. The van der Waals surface area contributed by atoms with Crippen LogP contribution in [0, 0.1) is 0 Å². The highest BCUT2D eigenvalue weighted by molar-refractivity contribution is 8.00. The summed E-state index contributed by atoms with van der Waals surface area (Å²) in [5.74, 6) is -1.22. The number of β-amino-alcohol motifs (C(OH)–C–C–N with tert-alkyl or cyclic N) is 1. The largest absolute Gasteiger partial charge is 0.480 e. The number of carbonyl (C=O) groups excluding carboxylic acids is 1. The van der Waals surface area contributed by atoms with Gasteiger partial charge in [0.2, 0.25) is 5.91 Å². The second-order valence-electron chi connectivity index (χ2n) is 4.53. The van der Waals surface area contributed by atoms with E-state index in [2.05, 4.69) is 0 Å². The van der Waals surface area contributed by atoms with Crippen molar-refractivity contribution >= 4 is 35.2 Å². The summed E-state index contributed by atoms with van der Waals surface area (Å²) in [6.45, 7) is 0.0803. The van der Waals surface area contributed by atoms with Crippen molar-refractivity contribution in [3.05, 3.63) is 29.3 Å². The third kappa shape index (κ3) is 3.65. The van der Waals surface area contributed by atoms with Crippen LogP contribution in [-0.2, 0) is 9.59 Å². The van der Waals surface area contributed by atoms with E-state index in [0.717, 1.165) is 4.90 Å². The molecule has 7 heteroatoms. The summed E-state index contributed by atoms with van der Waals surface area (Å²) >= 11 is 7.09. The molecule has 0 spiro atoms. The lowest BCUT2D eigenvalue weighted by Gasteiger charge is -2.20. The zero-order valence-electron chi connectivity index (χ0n) is 10.5. The first-order valence-electron chi connectivity index (χ1n) is 6.06. The number of carboxylic acids is 1. The zero-order valence-corrected chi connectivity index (χ0v) is 12.1. The van der Waals surface area contributed by atoms with E-state index in [-0.39, 0.29) is 24.6 Å². The summed E-state index contributed by atoms with van der Waals surface area (Å²) in [4.78, 5) is 25.2. The fourth-order valence-corrected chi connectivity index (χ4v) is 2.99. The average molecular weight is 316 g/mol. The lowest BCUT2D eigenvalue weighted by atomic mass is 10.2. The Hall–Kier alpha value is -1.24. The van der Waals surface area contributed by atoms with Gasteiger partial charge in [-0.15, -0.1) is 11.8 Å². The van der Waals surface area contributed by atoms with Gasteiger partial charge in [-0.05, 0) is 24.3 Å². The Balaban J connectivity index is 1.94. The highest BCUT2D eigenvalue weighted by Gasteiger charge is 2.38. The molecule has 0 unspecified atom stereocenters. The number of nitrogens with zero attached hydrogens (tertiary/aromatic N) is 1. The molecule has 2 rings (SSSR count). The van der Waals surface area contributed by atoms with Crippen molar-refractivity contribution in [3.63, 3.8) is 0 Å². The number of rotatable bonds is 4. The molecular weight excluding hydrogens is 302 g/mol. The molecule has 108 valence electrons. The first-order valence-corrected chi connectivity index (χ1v) is 7.42.